The van der Waals surface area contributed by atoms with Crippen molar-refractivity contribution in [1.29, 1.82) is 0 Å². The Morgan fingerprint density at radius 3 is 2.51 bits per heavy atom. The van der Waals surface area contributed by atoms with Crippen LogP contribution in [0, 0.1) is 5.92 Å². The van der Waals surface area contributed by atoms with Gasteiger partial charge in [0.15, 0.2) is 5.82 Å². The molecule has 0 saturated carbocycles. The molecule has 0 aliphatic carbocycles. The number of alkyl halides is 3. The van der Waals surface area contributed by atoms with Gasteiger partial charge in [-0.25, -0.2) is 9.97 Å². The third kappa shape index (κ3) is 6.57. The first-order valence-electron chi connectivity index (χ1n) is 11.4. The Labute approximate surface area is 201 Å². The average Bonchev–Trinajstić information content (AvgIpc) is 2.82. The quantitative estimate of drug-likeness (QED) is 0.472. The highest BCUT2D eigenvalue weighted by molar-refractivity contribution is 5.67. The summed E-state index contributed by atoms with van der Waals surface area (Å²) in [6.07, 6.45) is -1.59. The Balaban J connectivity index is 1.34. The molecule has 1 aliphatic rings. The first kappa shape index (κ1) is 24.7. The van der Waals surface area contributed by atoms with Crippen LogP contribution < -0.4 is 4.74 Å². The lowest BCUT2D eigenvalue weighted by Crippen LogP contribution is -2.35. The Kier molecular flexibility index (Phi) is 7.35. The summed E-state index contributed by atoms with van der Waals surface area (Å²) in [4.78, 5) is 22.4. The maximum absolute atomic E-state index is 12.7. The topological polar surface area (TPSA) is 75.5 Å². The van der Waals surface area contributed by atoms with E-state index in [1.807, 2.05) is 25.3 Å². The van der Waals surface area contributed by atoms with Crippen LogP contribution in [0.25, 0.3) is 11.4 Å². The summed E-state index contributed by atoms with van der Waals surface area (Å²) in [7, 11) is 0. The number of ether oxygens (including phenoxy) is 1. The van der Waals surface area contributed by atoms with E-state index in [2.05, 4.69) is 9.88 Å². The largest absolute Gasteiger partial charge is 0.489 e. The minimum absolute atomic E-state index is 0.0780. The summed E-state index contributed by atoms with van der Waals surface area (Å²) < 4.78 is 43.7. The molecule has 2 aromatic carbocycles. The van der Waals surface area contributed by atoms with E-state index in [4.69, 9.17) is 14.8 Å². The van der Waals surface area contributed by atoms with Gasteiger partial charge in [0.2, 0.25) is 0 Å². The zero-order chi connectivity index (χ0) is 25.0. The van der Waals surface area contributed by atoms with Crippen molar-refractivity contribution in [3.63, 3.8) is 0 Å². The second-order valence-corrected chi connectivity index (χ2v) is 8.86. The van der Waals surface area contributed by atoms with Gasteiger partial charge in [-0.2, -0.15) is 13.2 Å². The number of carbonyl (C=O) groups is 1. The molecule has 1 atom stereocenters. The molecule has 1 unspecified atom stereocenters. The van der Waals surface area contributed by atoms with Gasteiger partial charge in [-0.3, -0.25) is 9.69 Å². The number of aliphatic carboxylic acids is 1. The minimum Gasteiger partial charge on any atom is -0.489 e. The van der Waals surface area contributed by atoms with Crippen molar-refractivity contribution in [2.45, 2.75) is 39.1 Å². The van der Waals surface area contributed by atoms with Crippen molar-refractivity contribution in [3.05, 3.63) is 77.1 Å². The molecular formula is C26H26F3N3O3. The molecule has 1 aliphatic heterocycles. The van der Waals surface area contributed by atoms with Crippen LogP contribution in [0.2, 0.25) is 0 Å². The first-order valence-corrected chi connectivity index (χ1v) is 11.4. The molecule has 0 fully saturated rings. The highest BCUT2D eigenvalue weighted by Gasteiger charge is 2.30. The number of halogens is 3. The molecule has 4 rings (SSSR count). The van der Waals surface area contributed by atoms with Crippen molar-refractivity contribution in [3.8, 4) is 17.1 Å². The van der Waals surface area contributed by atoms with Gasteiger partial charge in [0.25, 0.3) is 0 Å². The van der Waals surface area contributed by atoms with Gasteiger partial charge < -0.3 is 9.84 Å². The van der Waals surface area contributed by atoms with Crippen LogP contribution in [0.5, 0.6) is 5.75 Å². The number of hydrogen-bond acceptors (Lipinski definition) is 5. The molecule has 0 radical (unpaired) electrons. The molecule has 9 heteroatoms. The lowest BCUT2D eigenvalue weighted by molar-refractivity contribution is -0.138. The molecular weight excluding hydrogens is 459 g/mol. The Bertz CT molecular complexity index is 1170. The molecule has 3 aromatic rings. The fourth-order valence-electron chi connectivity index (χ4n) is 4.13. The molecule has 1 aromatic heterocycles. The highest BCUT2D eigenvalue weighted by Crippen LogP contribution is 2.29. The zero-order valence-electron chi connectivity index (χ0n) is 19.3. The second-order valence-electron chi connectivity index (χ2n) is 8.86. The lowest BCUT2D eigenvalue weighted by Gasteiger charge is -2.29. The molecule has 2 heterocycles. The smallest absolute Gasteiger partial charge is 0.416 e. The van der Waals surface area contributed by atoms with Crippen molar-refractivity contribution >= 4 is 5.97 Å². The number of nitrogens with zero attached hydrogens (tertiary/aromatic N) is 3. The molecule has 35 heavy (non-hydrogen) atoms. The average molecular weight is 486 g/mol. The number of hydrogen-bond donors (Lipinski definition) is 1. The van der Waals surface area contributed by atoms with Crippen LogP contribution in [0.1, 0.15) is 35.7 Å². The van der Waals surface area contributed by atoms with Gasteiger partial charge in [-0.05, 0) is 47.9 Å². The fourth-order valence-corrected chi connectivity index (χ4v) is 4.13. The minimum atomic E-state index is -4.35. The number of carboxylic acid groups (broad SMARTS) is 1. The SMILES string of the molecule is CC(CC(=O)O)CN1CCc2nc(-c3ccc(OCc4ccc(C(F)(F)F)cc4)cc3)ncc2C1. The van der Waals surface area contributed by atoms with Gasteiger partial charge >= 0.3 is 12.1 Å². The van der Waals surface area contributed by atoms with E-state index in [1.54, 1.807) is 12.1 Å². The molecule has 0 spiro atoms. The third-order valence-corrected chi connectivity index (χ3v) is 5.91. The van der Waals surface area contributed by atoms with Crippen molar-refractivity contribution in [1.82, 2.24) is 14.9 Å². The predicted molar refractivity (Wildman–Crippen MR) is 124 cm³/mol. The van der Waals surface area contributed by atoms with Crippen molar-refractivity contribution < 1.29 is 27.8 Å². The summed E-state index contributed by atoms with van der Waals surface area (Å²) in [6.45, 7) is 4.36. The molecule has 0 bridgehead atoms. The summed E-state index contributed by atoms with van der Waals surface area (Å²) >= 11 is 0. The van der Waals surface area contributed by atoms with E-state index in [0.29, 0.717) is 23.7 Å². The van der Waals surface area contributed by atoms with Crippen molar-refractivity contribution in [2.24, 2.45) is 5.92 Å². The molecule has 6 nitrogen and oxygen atoms in total. The van der Waals surface area contributed by atoms with E-state index >= 15 is 0 Å². The van der Waals surface area contributed by atoms with Gasteiger partial charge in [-0.15, -0.1) is 0 Å². The van der Waals surface area contributed by atoms with Gasteiger partial charge in [0, 0.05) is 49.8 Å². The van der Waals surface area contributed by atoms with Crippen LogP contribution in [-0.4, -0.2) is 39.0 Å². The molecule has 0 amide bonds. The summed E-state index contributed by atoms with van der Waals surface area (Å²) in [5.41, 5.74) is 2.86. The number of rotatable bonds is 8. The summed E-state index contributed by atoms with van der Waals surface area (Å²) in [6, 6.07) is 12.2. The number of benzene rings is 2. The van der Waals surface area contributed by atoms with E-state index in [9.17, 15) is 18.0 Å². The standard InChI is InChI=1S/C26H26F3N3O3/c1-17(12-24(33)34)14-32-11-10-23-20(15-32)13-30-25(31-23)19-4-8-22(9-5-19)35-16-18-2-6-21(7-3-18)26(27,28)29/h2-9,13,17H,10-12,14-16H2,1H3,(H,33,34). The lowest BCUT2D eigenvalue weighted by atomic mass is 10.0. The summed E-state index contributed by atoms with van der Waals surface area (Å²) in [5.74, 6) is 0.511. The fraction of sp³-hybridized carbons (Fsp3) is 0.346. The normalized spacial score (nSPS) is 14.9. The second kappa shape index (κ2) is 10.4. The Hall–Kier alpha value is -3.46. The molecule has 184 valence electrons. The van der Waals surface area contributed by atoms with Crippen LogP contribution >= 0.6 is 0 Å². The van der Waals surface area contributed by atoms with Gasteiger partial charge in [0.05, 0.1) is 11.3 Å². The number of carboxylic acids is 1. The van der Waals surface area contributed by atoms with E-state index in [-0.39, 0.29) is 18.9 Å². The summed E-state index contributed by atoms with van der Waals surface area (Å²) in [5, 5.41) is 8.96. The van der Waals surface area contributed by atoms with E-state index in [1.165, 1.54) is 12.1 Å². The Morgan fingerprint density at radius 1 is 1.14 bits per heavy atom. The van der Waals surface area contributed by atoms with Crippen LogP contribution in [0.3, 0.4) is 0 Å². The first-order chi connectivity index (χ1) is 16.7. The van der Waals surface area contributed by atoms with Gasteiger partial charge in [-0.1, -0.05) is 19.1 Å². The highest BCUT2D eigenvalue weighted by atomic mass is 19.4. The third-order valence-electron chi connectivity index (χ3n) is 5.91. The molecule has 1 N–H and O–H groups in total. The van der Waals surface area contributed by atoms with E-state index < -0.39 is 17.7 Å². The molecule has 0 saturated heterocycles. The maximum Gasteiger partial charge on any atom is 0.416 e. The monoisotopic (exact) mass is 485 g/mol. The van der Waals surface area contributed by atoms with Gasteiger partial charge in [0.1, 0.15) is 12.4 Å². The van der Waals surface area contributed by atoms with Crippen molar-refractivity contribution in [2.75, 3.05) is 13.1 Å². The number of fused-ring (bicyclic) bond motifs is 1. The predicted octanol–water partition coefficient (Wildman–Crippen LogP) is 5.21. The van der Waals surface area contributed by atoms with Crippen LogP contribution in [0.4, 0.5) is 13.2 Å². The van der Waals surface area contributed by atoms with Crippen LogP contribution in [0.15, 0.2) is 54.7 Å². The Morgan fingerprint density at radius 2 is 1.86 bits per heavy atom. The van der Waals surface area contributed by atoms with E-state index in [0.717, 1.165) is 48.5 Å². The number of aromatic nitrogens is 2. The zero-order valence-corrected chi connectivity index (χ0v) is 19.3. The van der Waals surface area contributed by atoms with Crippen LogP contribution in [-0.2, 0) is 30.5 Å². The maximum atomic E-state index is 12.7.